The van der Waals surface area contributed by atoms with Gasteiger partial charge in [-0.15, -0.1) is 0 Å². The van der Waals surface area contributed by atoms with Crippen molar-refractivity contribution >= 4 is 0 Å². The Labute approximate surface area is 70.1 Å². The zero-order valence-electron chi connectivity index (χ0n) is 7.97. The van der Waals surface area contributed by atoms with E-state index in [1.54, 1.807) is 0 Å². The summed E-state index contributed by atoms with van der Waals surface area (Å²) in [5.41, 5.74) is 0. The van der Waals surface area contributed by atoms with Crippen LogP contribution in [0, 0.1) is 11.8 Å². The van der Waals surface area contributed by atoms with Gasteiger partial charge in [0.05, 0.1) is 6.10 Å². The molecule has 1 aliphatic carbocycles. The summed E-state index contributed by atoms with van der Waals surface area (Å²) in [7, 11) is 1.84. The Hall–Kier alpha value is -0.0400. The Morgan fingerprint density at radius 3 is 2.55 bits per heavy atom. The third kappa shape index (κ3) is 2.19. The molecule has 0 bridgehead atoms. The lowest BCUT2D eigenvalue weighted by molar-refractivity contribution is 0.0148. The minimum atomic E-state index is 0.540. The summed E-state index contributed by atoms with van der Waals surface area (Å²) in [6.07, 6.45) is 5.91. The molecule has 0 aromatic heterocycles. The van der Waals surface area contributed by atoms with Crippen molar-refractivity contribution < 1.29 is 4.74 Å². The first kappa shape index (κ1) is 9.05. The fourth-order valence-corrected chi connectivity index (χ4v) is 2.20. The van der Waals surface area contributed by atoms with Crippen molar-refractivity contribution in [3.05, 3.63) is 0 Å². The van der Waals surface area contributed by atoms with Crippen LogP contribution < -0.4 is 0 Å². The van der Waals surface area contributed by atoms with Gasteiger partial charge >= 0.3 is 0 Å². The van der Waals surface area contributed by atoms with E-state index in [9.17, 15) is 0 Å². The molecular weight excluding hydrogens is 136 g/mol. The standard InChI is InChI=1S/C10H20O/c1-4-9-5-6-10(11-3)8(2)7-9/h8-10H,4-7H2,1-3H3. The Morgan fingerprint density at radius 1 is 1.36 bits per heavy atom. The average molecular weight is 156 g/mol. The molecule has 3 atom stereocenters. The van der Waals surface area contributed by atoms with Crippen LogP contribution in [-0.4, -0.2) is 13.2 Å². The average Bonchev–Trinajstić information content (AvgIpc) is 2.04. The van der Waals surface area contributed by atoms with Crippen LogP contribution in [-0.2, 0) is 4.74 Å². The van der Waals surface area contributed by atoms with Crippen LogP contribution in [0.3, 0.4) is 0 Å². The van der Waals surface area contributed by atoms with Crippen molar-refractivity contribution in [3.63, 3.8) is 0 Å². The second-order valence-corrected chi connectivity index (χ2v) is 3.84. The van der Waals surface area contributed by atoms with Crippen molar-refractivity contribution in [2.24, 2.45) is 11.8 Å². The molecule has 0 aliphatic heterocycles. The molecule has 1 fully saturated rings. The maximum atomic E-state index is 5.40. The van der Waals surface area contributed by atoms with E-state index in [2.05, 4.69) is 13.8 Å². The lowest BCUT2D eigenvalue weighted by Crippen LogP contribution is -2.28. The lowest BCUT2D eigenvalue weighted by Gasteiger charge is -2.32. The van der Waals surface area contributed by atoms with Gasteiger partial charge in [0.15, 0.2) is 0 Å². The number of methoxy groups -OCH3 is 1. The highest BCUT2D eigenvalue weighted by Crippen LogP contribution is 2.32. The number of hydrogen-bond donors (Lipinski definition) is 0. The van der Waals surface area contributed by atoms with Gasteiger partial charge in [0.25, 0.3) is 0 Å². The van der Waals surface area contributed by atoms with Gasteiger partial charge in [-0.1, -0.05) is 20.3 Å². The predicted molar refractivity (Wildman–Crippen MR) is 47.6 cm³/mol. The van der Waals surface area contributed by atoms with Gasteiger partial charge in [0, 0.05) is 7.11 Å². The monoisotopic (exact) mass is 156 g/mol. The highest BCUT2D eigenvalue weighted by Gasteiger charge is 2.25. The minimum Gasteiger partial charge on any atom is -0.381 e. The second-order valence-electron chi connectivity index (χ2n) is 3.84. The van der Waals surface area contributed by atoms with Crippen molar-refractivity contribution in [1.82, 2.24) is 0 Å². The maximum Gasteiger partial charge on any atom is 0.0597 e. The Balaban J connectivity index is 2.34. The molecule has 0 N–H and O–H groups in total. The first-order valence-corrected chi connectivity index (χ1v) is 4.80. The van der Waals surface area contributed by atoms with Gasteiger partial charge in [-0.05, 0) is 31.1 Å². The molecule has 3 unspecified atom stereocenters. The fourth-order valence-electron chi connectivity index (χ4n) is 2.20. The molecule has 1 nitrogen and oxygen atoms in total. The first-order valence-electron chi connectivity index (χ1n) is 4.80. The maximum absolute atomic E-state index is 5.40. The summed E-state index contributed by atoms with van der Waals surface area (Å²) in [4.78, 5) is 0. The van der Waals surface area contributed by atoms with E-state index in [-0.39, 0.29) is 0 Å². The van der Waals surface area contributed by atoms with Crippen LogP contribution in [0.1, 0.15) is 39.5 Å². The van der Waals surface area contributed by atoms with Gasteiger partial charge in [-0.3, -0.25) is 0 Å². The molecule has 1 rings (SSSR count). The lowest BCUT2D eigenvalue weighted by atomic mass is 9.79. The molecule has 1 aliphatic rings. The minimum absolute atomic E-state index is 0.540. The molecule has 0 aromatic rings. The molecule has 0 heterocycles. The quantitative estimate of drug-likeness (QED) is 0.597. The largest absolute Gasteiger partial charge is 0.381 e. The smallest absolute Gasteiger partial charge is 0.0597 e. The Morgan fingerprint density at radius 2 is 2.09 bits per heavy atom. The number of ether oxygens (including phenoxy) is 1. The summed E-state index contributed by atoms with van der Waals surface area (Å²) in [5.74, 6) is 1.75. The van der Waals surface area contributed by atoms with Crippen molar-refractivity contribution in [3.8, 4) is 0 Å². The van der Waals surface area contributed by atoms with Gasteiger partial charge < -0.3 is 4.74 Å². The molecule has 1 heteroatoms. The summed E-state index contributed by atoms with van der Waals surface area (Å²) >= 11 is 0. The highest BCUT2D eigenvalue weighted by molar-refractivity contribution is 4.77. The van der Waals surface area contributed by atoms with Crippen molar-refractivity contribution in [2.45, 2.75) is 45.6 Å². The van der Waals surface area contributed by atoms with Gasteiger partial charge in [-0.25, -0.2) is 0 Å². The molecule has 66 valence electrons. The van der Waals surface area contributed by atoms with E-state index in [0.717, 1.165) is 11.8 Å². The molecule has 0 radical (unpaired) electrons. The number of hydrogen-bond acceptors (Lipinski definition) is 1. The zero-order chi connectivity index (χ0) is 8.27. The van der Waals surface area contributed by atoms with E-state index in [1.165, 1.54) is 25.7 Å². The molecule has 11 heavy (non-hydrogen) atoms. The van der Waals surface area contributed by atoms with Crippen LogP contribution in [0.4, 0.5) is 0 Å². The SMILES string of the molecule is CCC1CCC(OC)C(C)C1. The third-order valence-corrected chi connectivity index (χ3v) is 3.08. The summed E-state index contributed by atoms with van der Waals surface area (Å²) in [6, 6.07) is 0. The zero-order valence-corrected chi connectivity index (χ0v) is 7.97. The highest BCUT2D eigenvalue weighted by atomic mass is 16.5. The fraction of sp³-hybridized carbons (Fsp3) is 1.00. The normalized spacial score (nSPS) is 39.0. The van der Waals surface area contributed by atoms with E-state index >= 15 is 0 Å². The second kappa shape index (κ2) is 4.10. The molecular formula is C10H20O. The van der Waals surface area contributed by atoms with Gasteiger partial charge in [0.1, 0.15) is 0 Å². The van der Waals surface area contributed by atoms with Crippen LogP contribution in [0.5, 0.6) is 0 Å². The molecule has 0 amide bonds. The molecule has 0 aromatic carbocycles. The van der Waals surface area contributed by atoms with Crippen LogP contribution >= 0.6 is 0 Å². The van der Waals surface area contributed by atoms with Gasteiger partial charge in [-0.2, -0.15) is 0 Å². The van der Waals surface area contributed by atoms with Crippen LogP contribution in [0.15, 0.2) is 0 Å². The predicted octanol–water partition coefficient (Wildman–Crippen LogP) is 2.85. The van der Waals surface area contributed by atoms with Gasteiger partial charge in [0.2, 0.25) is 0 Å². The first-order chi connectivity index (χ1) is 5.27. The molecule has 0 spiro atoms. The molecule has 1 saturated carbocycles. The van der Waals surface area contributed by atoms with E-state index in [4.69, 9.17) is 4.74 Å². The van der Waals surface area contributed by atoms with Crippen molar-refractivity contribution in [2.75, 3.05) is 7.11 Å². The summed E-state index contributed by atoms with van der Waals surface area (Å²) in [5, 5.41) is 0. The Kier molecular flexibility index (Phi) is 3.38. The van der Waals surface area contributed by atoms with E-state index in [0.29, 0.717) is 6.10 Å². The third-order valence-electron chi connectivity index (χ3n) is 3.08. The molecule has 0 saturated heterocycles. The van der Waals surface area contributed by atoms with Crippen LogP contribution in [0.2, 0.25) is 0 Å². The summed E-state index contributed by atoms with van der Waals surface area (Å²) < 4.78 is 5.40. The Bertz CT molecular complexity index is 111. The van der Waals surface area contributed by atoms with E-state index < -0.39 is 0 Å². The number of rotatable bonds is 2. The van der Waals surface area contributed by atoms with Crippen molar-refractivity contribution in [1.29, 1.82) is 0 Å². The summed E-state index contributed by atoms with van der Waals surface area (Å²) in [6.45, 7) is 4.61. The topological polar surface area (TPSA) is 9.23 Å². The van der Waals surface area contributed by atoms with E-state index in [1.807, 2.05) is 7.11 Å². The van der Waals surface area contributed by atoms with Crippen LogP contribution in [0.25, 0.3) is 0 Å².